The molecule has 10 nitrogen and oxygen atoms in total. The first-order chi connectivity index (χ1) is 16.4. The number of nitrogens with zero attached hydrogens (tertiary/aromatic N) is 1. The Bertz CT molecular complexity index is 1160. The number of fused-ring (bicyclic) bond motifs is 3. The molecule has 2 fully saturated rings. The normalized spacial score (nSPS) is 33.1. The van der Waals surface area contributed by atoms with Crippen LogP contribution in [0.4, 0.5) is 10.1 Å². The molecule has 0 aliphatic heterocycles. The monoisotopic (exact) mass is 601 g/mol. The number of carbonyl (C=O) groups is 5. The second kappa shape index (κ2) is 8.89. The molecule has 0 aromatic heterocycles. The van der Waals surface area contributed by atoms with Crippen molar-refractivity contribution < 1.29 is 38.6 Å². The number of carbonyl (C=O) groups excluding carboxylic acids is 5. The van der Waals surface area contributed by atoms with E-state index >= 15 is 0 Å². The summed E-state index contributed by atoms with van der Waals surface area (Å²) in [5.74, 6) is -11.0. The van der Waals surface area contributed by atoms with E-state index in [2.05, 4.69) is 5.32 Å². The second-order valence-corrected chi connectivity index (χ2v) is 11.0. The number of nitrogens with one attached hydrogen (secondary N) is 1. The molecule has 0 saturated heterocycles. The number of alkyl halides is 2. The van der Waals surface area contributed by atoms with E-state index in [9.17, 15) is 38.6 Å². The highest BCUT2D eigenvalue weighted by atomic mass is 127. The highest BCUT2D eigenvalue weighted by molar-refractivity contribution is 14.1. The molecular weight excluding hydrogens is 576 g/mol. The lowest BCUT2D eigenvalue weighted by Gasteiger charge is -2.52. The fourth-order valence-corrected chi connectivity index (χ4v) is 6.28. The quantitative estimate of drug-likeness (QED) is 0.120. The minimum absolute atomic E-state index is 0.0459. The van der Waals surface area contributed by atoms with Crippen molar-refractivity contribution in [2.45, 2.75) is 28.5 Å². The molecule has 1 aromatic carbocycles. The van der Waals surface area contributed by atoms with Crippen LogP contribution in [0.1, 0.15) is 22.3 Å². The van der Waals surface area contributed by atoms with Crippen LogP contribution in [0.2, 0.25) is 0 Å². The molecule has 0 radical (unpaired) electrons. The molecule has 4 rings (SSSR count). The zero-order valence-electron chi connectivity index (χ0n) is 19.0. The van der Waals surface area contributed by atoms with Crippen molar-refractivity contribution in [2.24, 2.45) is 29.4 Å². The van der Waals surface area contributed by atoms with Crippen molar-refractivity contribution in [1.29, 1.82) is 0 Å². The first kappa shape index (κ1) is 25.6. The van der Waals surface area contributed by atoms with Gasteiger partial charge in [0.1, 0.15) is 16.5 Å². The Balaban J connectivity index is 1.85. The van der Waals surface area contributed by atoms with E-state index in [4.69, 9.17) is 5.73 Å². The van der Waals surface area contributed by atoms with Gasteiger partial charge < -0.3 is 21.3 Å². The Labute approximate surface area is 213 Å². The summed E-state index contributed by atoms with van der Waals surface area (Å²) in [6.07, 6.45) is 0.0635. The second-order valence-electron chi connectivity index (χ2n) is 9.54. The van der Waals surface area contributed by atoms with Gasteiger partial charge in [-0.25, -0.2) is 4.39 Å². The van der Waals surface area contributed by atoms with Crippen LogP contribution in [0.15, 0.2) is 12.1 Å². The number of hydrogen-bond acceptors (Lipinski definition) is 9. The lowest BCUT2D eigenvalue weighted by Crippen LogP contribution is -2.74. The van der Waals surface area contributed by atoms with Gasteiger partial charge in [-0.15, -0.1) is 0 Å². The number of Topliss-reactive ketones (excluding diaryl/α,β-unsaturated/α-hetero) is 4. The first-order valence-corrected chi connectivity index (χ1v) is 12.3. The predicted molar refractivity (Wildman–Crippen MR) is 129 cm³/mol. The lowest BCUT2D eigenvalue weighted by molar-refractivity contribution is -0.181. The van der Waals surface area contributed by atoms with E-state index in [1.807, 2.05) is 22.6 Å². The highest BCUT2D eigenvalue weighted by Gasteiger charge is 2.69. The topological polar surface area (TPSA) is 167 Å². The molecule has 0 bridgehead atoms. The number of phenols is 1. The maximum Gasteiger partial charge on any atom is 0.235 e. The zero-order valence-corrected chi connectivity index (χ0v) is 21.1. The van der Waals surface area contributed by atoms with Crippen LogP contribution in [0, 0.1) is 23.7 Å². The number of phenolic OH excluding ortho intramolecular Hbond substituents is 1. The molecule has 0 spiro atoms. The van der Waals surface area contributed by atoms with Crippen LogP contribution in [-0.4, -0.2) is 80.6 Å². The standard InChI is InChI=1S/C23H25FIN3O7/c1-28(2)17-10-6-8-5-9-11(27-13(25)7-24)3-4-12(29)15(9)18(30)14(8)20(32)23(10,35)21(33)16(19(17)31)22(26)34/h3-4,8,10,13-14,16-17,27,29,35H,5-7H2,1-2H3,(H2,26,34). The van der Waals surface area contributed by atoms with Gasteiger partial charge in [-0.1, -0.05) is 22.6 Å². The third-order valence-corrected chi connectivity index (χ3v) is 8.04. The van der Waals surface area contributed by atoms with Gasteiger partial charge in [0.25, 0.3) is 0 Å². The fourth-order valence-electron chi connectivity index (χ4n) is 5.95. The summed E-state index contributed by atoms with van der Waals surface area (Å²) in [5.41, 5.74) is 3.21. The average Bonchev–Trinajstić information content (AvgIpc) is 2.77. The number of aromatic hydroxyl groups is 1. The number of likely N-dealkylation sites (N-methyl/N-ethyl adjacent to an activating group) is 1. The van der Waals surface area contributed by atoms with Crippen LogP contribution < -0.4 is 11.1 Å². The summed E-state index contributed by atoms with van der Waals surface area (Å²) in [4.78, 5) is 66.9. The van der Waals surface area contributed by atoms with E-state index in [0.29, 0.717) is 11.3 Å². The summed E-state index contributed by atoms with van der Waals surface area (Å²) in [6, 6.07) is 1.60. The number of hydrogen-bond donors (Lipinski definition) is 4. The number of aliphatic hydroxyl groups is 1. The van der Waals surface area contributed by atoms with Crippen LogP contribution in [0.25, 0.3) is 0 Å². The summed E-state index contributed by atoms with van der Waals surface area (Å²) in [6.45, 7) is -0.695. The average molecular weight is 601 g/mol. The minimum Gasteiger partial charge on any atom is -0.507 e. The Hall–Kier alpha value is -2.45. The van der Waals surface area contributed by atoms with E-state index in [-0.39, 0.29) is 24.2 Å². The van der Waals surface area contributed by atoms with Crippen molar-refractivity contribution in [1.82, 2.24) is 4.90 Å². The number of primary amides is 1. The number of nitrogens with two attached hydrogens (primary N) is 1. The fraction of sp³-hybridized carbons (Fsp3) is 0.522. The molecule has 7 atom stereocenters. The summed E-state index contributed by atoms with van der Waals surface area (Å²) in [7, 11) is 3.04. The number of rotatable bonds is 5. The Kier molecular flexibility index (Phi) is 6.51. The zero-order chi connectivity index (χ0) is 26.0. The van der Waals surface area contributed by atoms with Gasteiger partial charge in [0.2, 0.25) is 5.91 Å². The molecule has 1 amide bonds. The van der Waals surface area contributed by atoms with Crippen LogP contribution >= 0.6 is 22.6 Å². The first-order valence-electron chi connectivity index (χ1n) is 11.0. The molecule has 7 unspecified atom stereocenters. The van der Waals surface area contributed by atoms with Crippen molar-refractivity contribution in [3.05, 3.63) is 23.3 Å². The molecule has 0 heterocycles. The maximum absolute atomic E-state index is 13.7. The maximum atomic E-state index is 13.7. The van der Waals surface area contributed by atoms with Gasteiger partial charge in [-0.2, -0.15) is 0 Å². The summed E-state index contributed by atoms with van der Waals surface area (Å²) in [5, 5.41) is 24.9. The number of amides is 1. The molecular formula is C23H25FIN3O7. The number of ketones is 4. The van der Waals surface area contributed by atoms with Gasteiger partial charge in [-0.05, 0) is 50.6 Å². The largest absolute Gasteiger partial charge is 0.507 e. The van der Waals surface area contributed by atoms with Gasteiger partial charge in [-0.3, -0.25) is 28.9 Å². The number of anilines is 1. The minimum atomic E-state index is -2.76. The predicted octanol–water partition coefficient (Wildman–Crippen LogP) is 0.00950. The molecule has 2 saturated carbocycles. The Morgan fingerprint density at radius 1 is 1.29 bits per heavy atom. The third-order valence-electron chi connectivity index (χ3n) is 7.39. The number of halogens is 2. The summed E-state index contributed by atoms with van der Waals surface area (Å²) < 4.78 is 12.5. The molecule has 1 aromatic rings. The van der Waals surface area contributed by atoms with E-state index in [1.54, 1.807) is 0 Å². The van der Waals surface area contributed by atoms with Crippen molar-refractivity contribution in [2.75, 3.05) is 26.1 Å². The van der Waals surface area contributed by atoms with Gasteiger partial charge in [0.05, 0.1) is 17.5 Å². The molecule has 188 valence electrons. The Morgan fingerprint density at radius 2 is 1.94 bits per heavy atom. The van der Waals surface area contributed by atoms with Crippen molar-refractivity contribution in [3.63, 3.8) is 0 Å². The van der Waals surface area contributed by atoms with Crippen molar-refractivity contribution >= 4 is 57.3 Å². The van der Waals surface area contributed by atoms with Gasteiger partial charge in [0, 0.05) is 11.6 Å². The van der Waals surface area contributed by atoms with E-state index < -0.39 is 75.1 Å². The molecule has 35 heavy (non-hydrogen) atoms. The lowest BCUT2D eigenvalue weighted by atomic mass is 9.52. The molecule has 5 N–H and O–H groups in total. The van der Waals surface area contributed by atoms with Gasteiger partial charge in [0.15, 0.2) is 34.7 Å². The van der Waals surface area contributed by atoms with Gasteiger partial charge >= 0.3 is 0 Å². The smallest absolute Gasteiger partial charge is 0.235 e. The number of benzene rings is 1. The van der Waals surface area contributed by atoms with Crippen LogP contribution in [0.5, 0.6) is 5.75 Å². The highest BCUT2D eigenvalue weighted by Crippen LogP contribution is 2.51. The van der Waals surface area contributed by atoms with Crippen molar-refractivity contribution in [3.8, 4) is 5.75 Å². The molecule has 3 aliphatic rings. The molecule has 3 aliphatic carbocycles. The molecule has 12 heteroatoms. The SMILES string of the molecule is CN(C)C1C(=O)C(C(N)=O)C(=O)C2(O)C(=O)C3C(=O)c4c(O)ccc(NC(I)CF)c4CC3CC12. The van der Waals surface area contributed by atoms with E-state index in [0.717, 1.165) is 0 Å². The van der Waals surface area contributed by atoms with E-state index in [1.165, 1.54) is 31.1 Å². The van der Waals surface area contributed by atoms with Crippen LogP contribution in [0.3, 0.4) is 0 Å². The van der Waals surface area contributed by atoms with Crippen LogP contribution in [-0.2, 0) is 25.6 Å². The third kappa shape index (κ3) is 3.68. The summed E-state index contributed by atoms with van der Waals surface area (Å²) >= 11 is 1.85. The Morgan fingerprint density at radius 3 is 2.51 bits per heavy atom.